The van der Waals surface area contributed by atoms with Crippen molar-refractivity contribution in [2.75, 3.05) is 13.2 Å². The summed E-state index contributed by atoms with van der Waals surface area (Å²) in [7, 11) is 0. The van der Waals surface area contributed by atoms with E-state index in [1.807, 2.05) is 12.1 Å². The van der Waals surface area contributed by atoms with Gasteiger partial charge in [0.05, 0.1) is 6.04 Å². The van der Waals surface area contributed by atoms with Crippen molar-refractivity contribution in [1.29, 1.82) is 0 Å². The molecule has 1 aromatic rings. The molecule has 3 nitrogen and oxygen atoms in total. The van der Waals surface area contributed by atoms with Crippen LogP contribution in [0.3, 0.4) is 0 Å². The van der Waals surface area contributed by atoms with Gasteiger partial charge in [-0.25, -0.2) is 9.18 Å². The van der Waals surface area contributed by atoms with Gasteiger partial charge in [0.2, 0.25) is 0 Å². The molecule has 1 aromatic carbocycles. The van der Waals surface area contributed by atoms with E-state index in [1.54, 1.807) is 0 Å². The molecule has 0 heterocycles. The Balaban J connectivity index is 2.04. The average molecular weight is 301 g/mol. The highest BCUT2D eigenvalue weighted by Crippen LogP contribution is 2.36. The Hall–Kier alpha value is -1.10. The Kier molecular flexibility index (Phi) is 3.99. The maximum absolute atomic E-state index is 11.9. The molecule has 0 saturated carbocycles. The maximum atomic E-state index is 11.9. The van der Waals surface area contributed by atoms with Crippen molar-refractivity contribution in [2.45, 2.75) is 18.9 Å². The number of amides is 2. The molecule has 0 aromatic heterocycles. The molecule has 1 unspecified atom stereocenters. The fourth-order valence-corrected chi connectivity index (χ4v) is 2.83. The van der Waals surface area contributed by atoms with Crippen LogP contribution in [0.15, 0.2) is 22.7 Å². The summed E-state index contributed by atoms with van der Waals surface area (Å²) in [6.07, 6.45) is 1.85. The topological polar surface area (TPSA) is 41.1 Å². The number of benzene rings is 1. The molecule has 2 rings (SSSR count). The third-order valence-corrected chi connectivity index (χ3v) is 3.57. The van der Waals surface area contributed by atoms with E-state index in [-0.39, 0.29) is 18.6 Å². The Morgan fingerprint density at radius 1 is 1.53 bits per heavy atom. The number of aryl methyl sites for hydroxylation is 1. The number of nitrogens with one attached hydrogen (secondary N) is 2. The minimum atomic E-state index is -0.543. The Bertz CT molecular complexity index is 425. The van der Waals surface area contributed by atoms with Crippen LogP contribution in [0.25, 0.3) is 0 Å². The summed E-state index contributed by atoms with van der Waals surface area (Å²) in [6, 6.07) is 5.74. The molecule has 0 bridgehead atoms. The Morgan fingerprint density at radius 3 is 3.12 bits per heavy atom. The van der Waals surface area contributed by atoms with Crippen molar-refractivity contribution in [3.05, 3.63) is 33.8 Å². The molecule has 2 amide bonds. The molecule has 17 heavy (non-hydrogen) atoms. The number of hydrogen-bond donors (Lipinski definition) is 2. The molecular formula is C12H14BrFN2O. The van der Waals surface area contributed by atoms with Gasteiger partial charge in [-0.3, -0.25) is 0 Å². The van der Waals surface area contributed by atoms with Crippen LogP contribution in [0.2, 0.25) is 0 Å². The van der Waals surface area contributed by atoms with Crippen molar-refractivity contribution < 1.29 is 9.18 Å². The minimum absolute atomic E-state index is 0.0141. The van der Waals surface area contributed by atoms with Gasteiger partial charge in [0.15, 0.2) is 0 Å². The summed E-state index contributed by atoms with van der Waals surface area (Å²) in [4.78, 5) is 11.5. The molecule has 2 N–H and O–H groups in total. The fourth-order valence-electron chi connectivity index (χ4n) is 2.15. The van der Waals surface area contributed by atoms with E-state index in [0.717, 1.165) is 22.9 Å². The van der Waals surface area contributed by atoms with E-state index in [4.69, 9.17) is 0 Å². The molecular weight excluding hydrogens is 287 g/mol. The van der Waals surface area contributed by atoms with Crippen LogP contribution >= 0.6 is 15.9 Å². The number of carbonyl (C=O) groups excluding carboxylic acids is 1. The first-order chi connectivity index (χ1) is 8.22. The molecule has 5 heteroatoms. The van der Waals surface area contributed by atoms with Gasteiger partial charge in [0.1, 0.15) is 6.67 Å². The summed E-state index contributed by atoms with van der Waals surface area (Å²) in [5.41, 5.74) is 2.40. The zero-order valence-corrected chi connectivity index (χ0v) is 10.9. The zero-order chi connectivity index (χ0) is 12.3. The second-order valence-electron chi connectivity index (χ2n) is 3.99. The van der Waals surface area contributed by atoms with Gasteiger partial charge in [-0.2, -0.15) is 0 Å². The highest BCUT2D eigenvalue weighted by atomic mass is 79.9. The van der Waals surface area contributed by atoms with Crippen LogP contribution in [0.5, 0.6) is 0 Å². The van der Waals surface area contributed by atoms with Crippen molar-refractivity contribution in [2.24, 2.45) is 0 Å². The first-order valence-electron chi connectivity index (χ1n) is 5.60. The second kappa shape index (κ2) is 5.49. The lowest BCUT2D eigenvalue weighted by Crippen LogP contribution is -2.38. The van der Waals surface area contributed by atoms with Gasteiger partial charge < -0.3 is 10.6 Å². The van der Waals surface area contributed by atoms with E-state index in [2.05, 4.69) is 32.6 Å². The van der Waals surface area contributed by atoms with Crippen molar-refractivity contribution in [3.63, 3.8) is 0 Å². The van der Waals surface area contributed by atoms with Crippen LogP contribution in [-0.2, 0) is 6.42 Å². The van der Waals surface area contributed by atoms with Gasteiger partial charge in [0, 0.05) is 11.0 Å². The van der Waals surface area contributed by atoms with E-state index < -0.39 is 6.67 Å². The molecule has 1 aliphatic carbocycles. The number of halogens is 2. The third-order valence-electron chi connectivity index (χ3n) is 2.88. The van der Waals surface area contributed by atoms with Gasteiger partial charge in [0.25, 0.3) is 0 Å². The average Bonchev–Trinajstić information content (AvgIpc) is 2.71. The lowest BCUT2D eigenvalue weighted by Gasteiger charge is -2.15. The van der Waals surface area contributed by atoms with E-state index in [1.165, 1.54) is 5.56 Å². The van der Waals surface area contributed by atoms with Crippen LogP contribution < -0.4 is 10.6 Å². The number of urea groups is 1. The summed E-state index contributed by atoms with van der Waals surface area (Å²) in [5, 5.41) is 5.33. The molecule has 1 aliphatic rings. The normalized spacial score (nSPS) is 17.6. The Morgan fingerprint density at radius 2 is 2.35 bits per heavy atom. The summed E-state index contributed by atoms with van der Waals surface area (Å²) in [6.45, 7) is -0.486. The van der Waals surface area contributed by atoms with Crippen molar-refractivity contribution in [1.82, 2.24) is 10.6 Å². The smallest absolute Gasteiger partial charge is 0.315 e. The van der Waals surface area contributed by atoms with E-state index in [0.29, 0.717) is 0 Å². The standard InChI is InChI=1S/C12H14BrFN2O/c13-9-3-1-2-8-4-5-10(11(8)9)16-12(17)15-7-6-14/h1-3,10H,4-7H2,(H2,15,16,17). The molecule has 0 spiro atoms. The summed E-state index contributed by atoms with van der Waals surface area (Å²) in [5.74, 6) is 0. The highest BCUT2D eigenvalue weighted by molar-refractivity contribution is 9.10. The number of carbonyl (C=O) groups is 1. The minimum Gasteiger partial charge on any atom is -0.336 e. The van der Waals surface area contributed by atoms with E-state index >= 15 is 0 Å². The first-order valence-corrected chi connectivity index (χ1v) is 6.39. The monoisotopic (exact) mass is 300 g/mol. The van der Waals surface area contributed by atoms with E-state index in [9.17, 15) is 9.18 Å². The summed E-state index contributed by atoms with van der Waals surface area (Å²) >= 11 is 3.50. The third kappa shape index (κ3) is 2.77. The number of rotatable bonds is 3. The molecule has 0 saturated heterocycles. The zero-order valence-electron chi connectivity index (χ0n) is 9.30. The number of fused-ring (bicyclic) bond motifs is 1. The second-order valence-corrected chi connectivity index (χ2v) is 4.85. The molecule has 92 valence electrons. The quantitative estimate of drug-likeness (QED) is 0.885. The van der Waals surface area contributed by atoms with Crippen LogP contribution in [0, 0.1) is 0 Å². The highest BCUT2D eigenvalue weighted by Gasteiger charge is 2.25. The van der Waals surface area contributed by atoms with Crippen LogP contribution in [-0.4, -0.2) is 19.3 Å². The fraction of sp³-hybridized carbons (Fsp3) is 0.417. The molecule has 0 fully saturated rings. The number of alkyl halides is 1. The largest absolute Gasteiger partial charge is 0.336 e. The van der Waals surface area contributed by atoms with Gasteiger partial charge in [-0.05, 0) is 30.0 Å². The molecule has 0 radical (unpaired) electrons. The van der Waals surface area contributed by atoms with Crippen molar-refractivity contribution >= 4 is 22.0 Å². The van der Waals surface area contributed by atoms with Crippen molar-refractivity contribution in [3.8, 4) is 0 Å². The number of hydrogen-bond acceptors (Lipinski definition) is 1. The maximum Gasteiger partial charge on any atom is 0.315 e. The SMILES string of the molecule is O=C(NCCF)NC1CCc2cccc(Br)c21. The predicted molar refractivity (Wildman–Crippen MR) is 67.7 cm³/mol. The van der Waals surface area contributed by atoms with Crippen LogP contribution in [0.1, 0.15) is 23.6 Å². The van der Waals surface area contributed by atoms with Gasteiger partial charge >= 0.3 is 6.03 Å². The predicted octanol–water partition coefficient (Wildman–Crippen LogP) is 2.71. The van der Waals surface area contributed by atoms with Gasteiger partial charge in [-0.1, -0.05) is 28.1 Å². The summed E-state index contributed by atoms with van der Waals surface area (Å²) < 4.78 is 12.9. The molecule has 0 aliphatic heterocycles. The van der Waals surface area contributed by atoms with Crippen LogP contribution in [0.4, 0.5) is 9.18 Å². The lowest BCUT2D eigenvalue weighted by molar-refractivity contribution is 0.236. The molecule has 1 atom stereocenters. The Labute approximate surface area is 108 Å². The first kappa shape index (κ1) is 12.4. The lowest BCUT2D eigenvalue weighted by atomic mass is 10.1. The van der Waals surface area contributed by atoms with Gasteiger partial charge in [-0.15, -0.1) is 0 Å².